The first-order valence-corrected chi connectivity index (χ1v) is 8.75. The van der Waals surface area contributed by atoms with Gasteiger partial charge in [0.05, 0.1) is 25.1 Å². The van der Waals surface area contributed by atoms with Gasteiger partial charge in [0.15, 0.2) is 0 Å². The molecule has 0 unspecified atom stereocenters. The van der Waals surface area contributed by atoms with Gasteiger partial charge in [0.2, 0.25) is 0 Å². The maximum atomic E-state index is 12.4. The molecule has 0 aromatic heterocycles. The third-order valence-corrected chi connectivity index (χ3v) is 4.19. The number of carboxylic acid groups (broad SMARTS) is 1. The lowest BCUT2D eigenvalue weighted by molar-refractivity contribution is -0.141. The maximum Gasteiger partial charge on any atom is 0.410 e. The summed E-state index contributed by atoms with van der Waals surface area (Å²) in [7, 11) is 1.31. The highest BCUT2D eigenvalue weighted by Gasteiger charge is 2.33. The summed E-state index contributed by atoms with van der Waals surface area (Å²) in [6, 6.07) is 6.19. The second-order valence-electron chi connectivity index (χ2n) is 7.41. The molecule has 1 heterocycles. The number of amides is 1. The Morgan fingerprint density at radius 2 is 1.93 bits per heavy atom. The zero-order chi connectivity index (χ0) is 20.2. The number of aromatic carboxylic acids is 1. The van der Waals surface area contributed by atoms with E-state index in [-0.39, 0.29) is 24.6 Å². The summed E-state index contributed by atoms with van der Waals surface area (Å²) in [4.78, 5) is 39.0. The topological polar surface area (TPSA) is 96.4 Å². The van der Waals surface area contributed by atoms with Crippen LogP contribution in [-0.4, -0.2) is 66.4 Å². The van der Waals surface area contributed by atoms with E-state index in [1.54, 1.807) is 43.9 Å². The summed E-state index contributed by atoms with van der Waals surface area (Å²) in [5.41, 5.74) is 0.244. The summed E-state index contributed by atoms with van der Waals surface area (Å²) in [6.45, 7) is 6.52. The summed E-state index contributed by atoms with van der Waals surface area (Å²) >= 11 is 0. The van der Waals surface area contributed by atoms with Crippen LogP contribution in [0.25, 0.3) is 0 Å². The van der Waals surface area contributed by atoms with Crippen LogP contribution >= 0.6 is 0 Å². The Labute approximate surface area is 158 Å². The molecule has 27 heavy (non-hydrogen) atoms. The smallest absolute Gasteiger partial charge is 0.410 e. The predicted octanol–water partition coefficient (Wildman–Crippen LogP) is 2.37. The highest BCUT2D eigenvalue weighted by molar-refractivity contribution is 5.89. The summed E-state index contributed by atoms with van der Waals surface area (Å²) in [5, 5.41) is 9.22. The number of nitrogens with zero attached hydrogens (tertiary/aromatic N) is 2. The van der Waals surface area contributed by atoms with E-state index >= 15 is 0 Å². The van der Waals surface area contributed by atoms with Crippen LogP contribution in [-0.2, 0) is 14.3 Å². The second-order valence-corrected chi connectivity index (χ2v) is 7.41. The van der Waals surface area contributed by atoms with Crippen molar-refractivity contribution in [1.82, 2.24) is 4.90 Å². The maximum absolute atomic E-state index is 12.4. The van der Waals surface area contributed by atoms with Crippen LogP contribution in [0.5, 0.6) is 0 Å². The molecule has 1 fully saturated rings. The Kier molecular flexibility index (Phi) is 6.30. The van der Waals surface area contributed by atoms with E-state index < -0.39 is 23.6 Å². The van der Waals surface area contributed by atoms with Gasteiger partial charge in [-0.1, -0.05) is 6.07 Å². The Morgan fingerprint density at radius 1 is 1.22 bits per heavy atom. The molecule has 1 saturated heterocycles. The van der Waals surface area contributed by atoms with E-state index in [2.05, 4.69) is 0 Å². The van der Waals surface area contributed by atoms with Gasteiger partial charge >= 0.3 is 18.0 Å². The molecule has 8 heteroatoms. The Morgan fingerprint density at radius 3 is 2.52 bits per heavy atom. The highest BCUT2D eigenvalue weighted by atomic mass is 16.6. The number of carbonyl (C=O) groups is 3. The number of carboxylic acids is 1. The van der Waals surface area contributed by atoms with Crippen molar-refractivity contribution in [3.63, 3.8) is 0 Å². The average Bonchev–Trinajstić information content (AvgIpc) is 2.60. The van der Waals surface area contributed by atoms with Crippen LogP contribution in [0.2, 0.25) is 0 Å². The lowest BCUT2D eigenvalue weighted by atomic mass is 10.1. The van der Waals surface area contributed by atoms with Crippen molar-refractivity contribution in [2.45, 2.75) is 38.8 Å². The van der Waals surface area contributed by atoms with Gasteiger partial charge < -0.3 is 24.4 Å². The normalized spacial score (nSPS) is 17.4. The molecule has 8 nitrogen and oxygen atoms in total. The van der Waals surface area contributed by atoms with Crippen molar-refractivity contribution >= 4 is 23.7 Å². The van der Waals surface area contributed by atoms with Gasteiger partial charge in [0.1, 0.15) is 5.60 Å². The van der Waals surface area contributed by atoms with Gasteiger partial charge in [-0.2, -0.15) is 0 Å². The number of hydrogen-bond acceptors (Lipinski definition) is 6. The Hall–Kier alpha value is -2.77. The van der Waals surface area contributed by atoms with Crippen LogP contribution in [0.15, 0.2) is 24.3 Å². The molecule has 2 rings (SSSR count). The van der Waals surface area contributed by atoms with Gasteiger partial charge in [0, 0.05) is 25.3 Å². The largest absolute Gasteiger partial charge is 0.478 e. The van der Waals surface area contributed by atoms with Gasteiger partial charge in [-0.15, -0.1) is 0 Å². The molecule has 0 aliphatic carbocycles. The van der Waals surface area contributed by atoms with Crippen molar-refractivity contribution < 1.29 is 29.0 Å². The molecule has 148 valence electrons. The number of rotatable bonds is 4. The molecular weight excluding hydrogens is 352 g/mol. The first-order chi connectivity index (χ1) is 12.6. The molecule has 1 aromatic carbocycles. The van der Waals surface area contributed by atoms with Crippen molar-refractivity contribution in [2.75, 3.05) is 31.6 Å². The minimum absolute atomic E-state index is 0.0765. The molecule has 0 radical (unpaired) electrons. The quantitative estimate of drug-likeness (QED) is 0.804. The average molecular weight is 378 g/mol. The van der Waals surface area contributed by atoms with E-state index in [0.29, 0.717) is 18.8 Å². The van der Waals surface area contributed by atoms with Gasteiger partial charge in [-0.3, -0.25) is 4.79 Å². The fourth-order valence-corrected chi connectivity index (χ4v) is 2.96. The number of benzene rings is 1. The highest BCUT2D eigenvalue weighted by Crippen LogP contribution is 2.25. The number of carbonyl (C=O) groups excluding carboxylic acids is 2. The first kappa shape index (κ1) is 20.5. The number of methoxy groups -OCH3 is 1. The van der Waals surface area contributed by atoms with Crippen molar-refractivity contribution in [1.29, 1.82) is 0 Å². The number of hydrogen-bond donors (Lipinski definition) is 1. The second kappa shape index (κ2) is 8.28. The van der Waals surface area contributed by atoms with Crippen molar-refractivity contribution in [3.05, 3.63) is 29.8 Å². The van der Waals surface area contributed by atoms with Crippen molar-refractivity contribution in [2.24, 2.45) is 0 Å². The summed E-state index contributed by atoms with van der Waals surface area (Å²) < 4.78 is 10.2. The number of esters is 1. The van der Waals surface area contributed by atoms with E-state index in [1.807, 2.05) is 4.90 Å². The molecule has 0 saturated carbocycles. The zero-order valence-electron chi connectivity index (χ0n) is 16.1. The van der Waals surface area contributed by atoms with Crippen LogP contribution in [0.4, 0.5) is 10.5 Å². The standard InChI is InChI=1S/C19H26N2O6/c1-19(2,3)27-18(25)20-8-9-21(15(12-20)11-16(22)26-4)14-7-5-6-13(10-14)17(23)24/h5-7,10,15H,8-9,11-12H2,1-4H3,(H,23,24)/t15-/m1/s1. The van der Waals surface area contributed by atoms with Crippen molar-refractivity contribution in [3.8, 4) is 0 Å². The molecule has 0 bridgehead atoms. The van der Waals surface area contributed by atoms with E-state index in [9.17, 15) is 19.5 Å². The molecule has 0 spiro atoms. The van der Waals surface area contributed by atoms with Crippen LogP contribution < -0.4 is 4.90 Å². The van der Waals surface area contributed by atoms with Crippen LogP contribution in [0.3, 0.4) is 0 Å². The van der Waals surface area contributed by atoms with Gasteiger partial charge in [-0.05, 0) is 39.0 Å². The minimum Gasteiger partial charge on any atom is -0.478 e. The molecular formula is C19H26N2O6. The predicted molar refractivity (Wildman–Crippen MR) is 99.0 cm³/mol. The van der Waals surface area contributed by atoms with E-state index in [0.717, 1.165) is 0 Å². The van der Waals surface area contributed by atoms with E-state index in [1.165, 1.54) is 13.2 Å². The van der Waals surface area contributed by atoms with E-state index in [4.69, 9.17) is 9.47 Å². The number of piperazine rings is 1. The zero-order valence-corrected chi connectivity index (χ0v) is 16.1. The minimum atomic E-state index is -1.02. The number of anilines is 1. The first-order valence-electron chi connectivity index (χ1n) is 8.75. The molecule has 1 aromatic rings. The molecule has 1 amide bonds. The third kappa shape index (κ3) is 5.60. The monoisotopic (exact) mass is 378 g/mol. The van der Waals surface area contributed by atoms with Crippen LogP contribution in [0, 0.1) is 0 Å². The summed E-state index contributed by atoms with van der Waals surface area (Å²) in [5.74, 6) is -1.42. The summed E-state index contributed by atoms with van der Waals surface area (Å²) in [6.07, 6.45) is -0.357. The molecule has 1 aliphatic rings. The van der Waals surface area contributed by atoms with Crippen LogP contribution in [0.1, 0.15) is 37.6 Å². The molecule has 1 aliphatic heterocycles. The molecule has 1 atom stereocenters. The lowest BCUT2D eigenvalue weighted by Gasteiger charge is -2.42. The van der Waals surface area contributed by atoms with Gasteiger partial charge in [-0.25, -0.2) is 9.59 Å². The SMILES string of the molecule is COC(=O)C[C@@H]1CN(C(=O)OC(C)(C)C)CCN1c1cccc(C(=O)O)c1. The number of ether oxygens (including phenoxy) is 2. The fourth-order valence-electron chi connectivity index (χ4n) is 2.96. The molecule has 1 N–H and O–H groups in total. The van der Waals surface area contributed by atoms with Gasteiger partial charge in [0.25, 0.3) is 0 Å². The fraction of sp³-hybridized carbons (Fsp3) is 0.526. The Balaban J connectivity index is 2.22. The lowest BCUT2D eigenvalue weighted by Crippen LogP contribution is -2.56. The third-order valence-electron chi connectivity index (χ3n) is 4.19. The Bertz CT molecular complexity index is 712.